The van der Waals surface area contributed by atoms with Crippen molar-refractivity contribution in [2.24, 2.45) is 10.9 Å². The predicted molar refractivity (Wildman–Crippen MR) is 82.0 cm³/mol. The maximum Gasteiger partial charge on any atom is 0.221 e. The molecule has 0 spiro atoms. The average Bonchev–Trinajstić information content (AvgIpc) is 2.43. The summed E-state index contributed by atoms with van der Waals surface area (Å²) in [5.41, 5.74) is 2.84. The van der Waals surface area contributed by atoms with Crippen molar-refractivity contribution in [2.45, 2.75) is 6.92 Å². The van der Waals surface area contributed by atoms with E-state index in [-0.39, 0.29) is 5.91 Å². The second-order valence-corrected chi connectivity index (χ2v) is 4.65. The van der Waals surface area contributed by atoms with Crippen LogP contribution >= 0.6 is 11.6 Å². The van der Waals surface area contributed by atoms with Crippen molar-refractivity contribution < 1.29 is 4.79 Å². The maximum atomic E-state index is 11.3. The van der Waals surface area contributed by atoms with Crippen LogP contribution in [-0.2, 0) is 4.79 Å². The fourth-order valence-corrected chi connectivity index (χ4v) is 2.02. The first kappa shape index (κ1) is 14.1. The molecule has 102 valence electrons. The lowest BCUT2D eigenvalue weighted by Crippen LogP contribution is -2.13. The van der Waals surface area contributed by atoms with E-state index >= 15 is 0 Å². The number of benzene rings is 2. The first-order valence-corrected chi connectivity index (χ1v) is 6.40. The third-order valence-corrected chi connectivity index (χ3v) is 2.99. The number of hydrogen-bond donors (Lipinski definition) is 2. The highest BCUT2D eigenvalue weighted by atomic mass is 35.5. The monoisotopic (exact) mass is 287 g/mol. The highest BCUT2D eigenvalue weighted by molar-refractivity contribution is 6.30. The van der Waals surface area contributed by atoms with Crippen molar-refractivity contribution in [3.05, 3.63) is 64.7 Å². The van der Waals surface area contributed by atoms with Crippen LogP contribution in [0.2, 0.25) is 5.02 Å². The first-order chi connectivity index (χ1) is 9.61. The Bertz CT molecular complexity index is 650. The predicted octanol–water partition coefficient (Wildman–Crippen LogP) is 3.01. The van der Waals surface area contributed by atoms with Gasteiger partial charge in [-0.25, -0.2) is 0 Å². The summed E-state index contributed by atoms with van der Waals surface area (Å²) in [6, 6.07) is 14.6. The molecule has 0 aromatic heterocycles. The Balaban J connectivity index is 2.47. The minimum Gasteiger partial charge on any atom is -0.326 e. The highest BCUT2D eigenvalue weighted by Crippen LogP contribution is 2.21. The van der Waals surface area contributed by atoms with Gasteiger partial charge in [0.2, 0.25) is 5.91 Å². The SMILES string of the molecule is CC(=O)Nc1ccccc1/C(=N\N)c1ccc(Cl)cc1. The topological polar surface area (TPSA) is 67.5 Å². The molecule has 0 atom stereocenters. The molecule has 2 rings (SSSR count). The second-order valence-electron chi connectivity index (χ2n) is 4.21. The number of carbonyl (C=O) groups excluding carboxylic acids is 1. The quantitative estimate of drug-likeness (QED) is 0.518. The number of carbonyl (C=O) groups is 1. The molecule has 20 heavy (non-hydrogen) atoms. The Kier molecular flexibility index (Phi) is 4.38. The summed E-state index contributed by atoms with van der Waals surface area (Å²) in [4.78, 5) is 11.3. The summed E-state index contributed by atoms with van der Waals surface area (Å²) in [5, 5.41) is 7.26. The number of hydrogen-bond acceptors (Lipinski definition) is 3. The van der Waals surface area contributed by atoms with E-state index in [2.05, 4.69) is 10.4 Å². The number of para-hydroxylation sites is 1. The van der Waals surface area contributed by atoms with Crippen LogP contribution in [0.25, 0.3) is 0 Å². The Hall–Kier alpha value is -2.33. The zero-order chi connectivity index (χ0) is 14.5. The molecule has 0 fully saturated rings. The van der Waals surface area contributed by atoms with Crippen molar-refractivity contribution in [1.29, 1.82) is 0 Å². The molecule has 0 unspecified atom stereocenters. The summed E-state index contributed by atoms with van der Waals surface area (Å²) in [7, 11) is 0. The van der Waals surface area contributed by atoms with E-state index in [1.807, 2.05) is 30.3 Å². The zero-order valence-corrected chi connectivity index (χ0v) is 11.7. The number of hydrazone groups is 1. The molecule has 0 saturated heterocycles. The molecule has 0 saturated carbocycles. The molecule has 2 aromatic carbocycles. The lowest BCUT2D eigenvalue weighted by molar-refractivity contribution is -0.114. The molecular weight excluding hydrogens is 274 g/mol. The van der Waals surface area contributed by atoms with Gasteiger partial charge in [0.1, 0.15) is 0 Å². The van der Waals surface area contributed by atoms with Gasteiger partial charge in [0.05, 0.1) is 11.4 Å². The summed E-state index contributed by atoms with van der Waals surface area (Å²) in [6.45, 7) is 1.46. The summed E-state index contributed by atoms with van der Waals surface area (Å²) < 4.78 is 0. The van der Waals surface area contributed by atoms with Crippen LogP contribution in [0.3, 0.4) is 0 Å². The van der Waals surface area contributed by atoms with Crippen LogP contribution in [0.5, 0.6) is 0 Å². The van der Waals surface area contributed by atoms with Gasteiger partial charge < -0.3 is 11.2 Å². The van der Waals surface area contributed by atoms with Crippen molar-refractivity contribution in [1.82, 2.24) is 0 Å². The van der Waals surface area contributed by atoms with E-state index in [1.165, 1.54) is 6.92 Å². The second kappa shape index (κ2) is 6.21. The number of anilines is 1. The minimum atomic E-state index is -0.148. The molecule has 5 heteroatoms. The van der Waals surface area contributed by atoms with E-state index in [9.17, 15) is 4.79 Å². The molecule has 0 heterocycles. The van der Waals surface area contributed by atoms with E-state index in [0.29, 0.717) is 16.4 Å². The van der Waals surface area contributed by atoms with Gasteiger partial charge in [-0.15, -0.1) is 0 Å². The minimum absolute atomic E-state index is 0.148. The summed E-state index contributed by atoms with van der Waals surface area (Å²) in [5.74, 6) is 5.37. The number of nitrogens with two attached hydrogens (primary N) is 1. The largest absolute Gasteiger partial charge is 0.326 e. The molecule has 1 amide bonds. The Morgan fingerprint density at radius 1 is 1.15 bits per heavy atom. The third kappa shape index (κ3) is 3.16. The molecule has 0 radical (unpaired) electrons. The van der Waals surface area contributed by atoms with Gasteiger partial charge in [-0.1, -0.05) is 41.9 Å². The molecule has 0 aliphatic rings. The van der Waals surface area contributed by atoms with Crippen molar-refractivity contribution in [3.8, 4) is 0 Å². The van der Waals surface area contributed by atoms with Gasteiger partial charge >= 0.3 is 0 Å². The van der Waals surface area contributed by atoms with Gasteiger partial charge in [0, 0.05) is 23.1 Å². The molecule has 4 nitrogen and oxygen atoms in total. The smallest absolute Gasteiger partial charge is 0.221 e. The highest BCUT2D eigenvalue weighted by Gasteiger charge is 2.12. The zero-order valence-electron chi connectivity index (χ0n) is 10.9. The summed E-state index contributed by atoms with van der Waals surface area (Å²) in [6.07, 6.45) is 0. The number of rotatable bonds is 3. The van der Waals surface area contributed by atoms with E-state index in [0.717, 1.165) is 11.1 Å². The van der Waals surface area contributed by atoms with Crippen LogP contribution < -0.4 is 11.2 Å². The van der Waals surface area contributed by atoms with E-state index in [4.69, 9.17) is 17.4 Å². The van der Waals surface area contributed by atoms with Gasteiger partial charge in [0.25, 0.3) is 0 Å². The van der Waals surface area contributed by atoms with Gasteiger partial charge in [-0.2, -0.15) is 5.10 Å². The number of nitrogens with one attached hydrogen (secondary N) is 1. The van der Waals surface area contributed by atoms with Crippen LogP contribution in [0.4, 0.5) is 5.69 Å². The fraction of sp³-hybridized carbons (Fsp3) is 0.0667. The standard InChI is InChI=1S/C15H14ClN3O/c1-10(20)18-14-5-3-2-4-13(14)15(19-17)11-6-8-12(16)9-7-11/h2-9H,17H2,1H3,(H,18,20)/b19-15-. The third-order valence-electron chi connectivity index (χ3n) is 2.74. The van der Waals surface area contributed by atoms with Crippen LogP contribution in [-0.4, -0.2) is 11.6 Å². The van der Waals surface area contributed by atoms with E-state index in [1.54, 1.807) is 18.2 Å². The fourth-order valence-electron chi connectivity index (χ4n) is 1.90. The first-order valence-electron chi connectivity index (χ1n) is 6.02. The van der Waals surface area contributed by atoms with Gasteiger partial charge in [-0.05, 0) is 18.2 Å². The Labute approximate surface area is 122 Å². The molecule has 0 bridgehead atoms. The van der Waals surface area contributed by atoms with Gasteiger partial charge in [0.15, 0.2) is 0 Å². The lowest BCUT2D eigenvalue weighted by atomic mass is 10.0. The van der Waals surface area contributed by atoms with Crippen molar-refractivity contribution in [3.63, 3.8) is 0 Å². The van der Waals surface area contributed by atoms with Gasteiger partial charge in [-0.3, -0.25) is 4.79 Å². The van der Waals surface area contributed by atoms with Crippen LogP contribution in [0.1, 0.15) is 18.1 Å². The molecule has 2 aromatic rings. The lowest BCUT2D eigenvalue weighted by Gasteiger charge is -2.12. The Morgan fingerprint density at radius 2 is 1.80 bits per heavy atom. The average molecular weight is 288 g/mol. The van der Waals surface area contributed by atoms with Crippen molar-refractivity contribution in [2.75, 3.05) is 5.32 Å². The summed E-state index contributed by atoms with van der Waals surface area (Å²) >= 11 is 5.88. The van der Waals surface area contributed by atoms with Crippen molar-refractivity contribution >= 4 is 28.9 Å². The number of halogens is 1. The van der Waals surface area contributed by atoms with Crippen LogP contribution in [0.15, 0.2) is 53.6 Å². The normalized spacial score (nSPS) is 11.2. The van der Waals surface area contributed by atoms with Crippen LogP contribution in [0, 0.1) is 0 Å². The maximum absolute atomic E-state index is 11.3. The number of nitrogens with zero attached hydrogens (tertiary/aromatic N) is 1. The van der Waals surface area contributed by atoms with E-state index < -0.39 is 0 Å². The Morgan fingerprint density at radius 3 is 2.40 bits per heavy atom. The molecule has 3 N–H and O–H groups in total. The molecule has 0 aliphatic carbocycles. The molecular formula is C15H14ClN3O. The molecule has 0 aliphatic heterocycles. The number of amides is 1.